The molecule has 3 amide bonds. The molecular weight excluding hydrogens is 614 g/mol. The summed E-state index contributed by atoms with van der Waals surface area (Å²) in [5, 5.41) is 9.93. The Balaban J connectivity index is 1.45. The minimum Gasteiger partial charge on any atom is -0.396 e. The van der Waals surface area contributed by atoms with Crippen molar-refractivity contribution < 1.29 is 28.3 Å². The number of aliphatic hydroxyl groups excluding tert-OH is 1. The third-order valence-corrected chi connectivity index (χ3v) is 11.9. The van der Waals surface area contributed by atoms with Crippen LogP contribution in [0.15, 0.2) is 103 Å². The molecular formula is C37H38FN3O5Si. The zero-order chi connectivity index (χ0) is 33.3. The Morgan fingerprint density at radius 2 is 1.43 bits per heavy atom. The highest BCUT2D eigenvalue weighted by atomic mass is 28.4. The van der Waals surface area contributed by atoms with Crippen LogP contribution in [-0.4, -0.2) is 45.0 Å². The van der Waals surface area contributed by atoms with Crippen molar-refractivity contribution in [1.29, 1.82) is 0 Å². The lowest BCUT2D eigenvalue weighted by Gasteiger charge is -2.31. The summed E-state index contributed by atoms with van der Waals surface area (Å²) in [5.41, 5.74) is 2.42. The van der Waals surface area contributed by atoms with Gasteiger partial charge in [-0.15, -0.1) is 0 Å². The number of hydrogen-bond donors (Lipinski definition) is 1. The first kappa shape index (κ1) is 32.3. The van der Waals surface area contributed by atoms with E-state index in [1.54, 1.807) is 30.1 Å². The molecule has 2 aliphatic heterocycles. The van der Waals surface area contributed by atoms with E-state index >= 15 is 4.11 Å². The van der Waals surface area contributed by atoms with Gasteiger partial charge in [0.05, 0.1) is 18.3 Å². The third kappa shape index (κ3) is 5.66. The number of amides is 3. The van der Waals surface area contributed by atoms with E-state index in [4.69, 9.17) is 4.74 Å². The van der Waals surface area contributed by atoms with Crippen molar-refractivity contribution in [1.82, 2.24) is 0 Å². The third-order valence-electron chi connectivity index (χ3n) is 9.45. The topological polar surface area (TPSA) is 90.4 Å². The SMILES string of the molecule is C[C@H]1[C@H]([Si](C)(C)F)[C@@H](CCO)O[C@]12C(=O)N(Cc1cccc(N(C=O)c3ccccc3)c1)c1ccc(N(C=O)c3ccccc3)cc12. The maximum absolute atomic E-state index is 16.0. The molecule has 4 aromatic rings. The predicted molar refractivity (Wildman–Crippen MR) is 183 cm³/mol. The molecule has 0 aliphatic carbocycles. The van der Waals surface area contributed by atoms with Gasteiger partial charge in [-0.2, -0.15) is 0 Å². The Morgan fingerprint density at radius 1 is 0.851 bits per heavy atom. The molecule has 4 atom stereocenters. The first-order chi connectivity index (χ1) is 22.6. The zero-order valence-corrected chi connectivity index (χ0v) is 27.6. The molecule has 8 nitrogen and oxygen atoms in total. The number of carbonyl (C=O) groups excluding carboxylic acids is 3. The summed E-state index contributed by atoms with van der Waals surface area (Å²) in [5.74, 6) is -0.868. The normalized spacial score (nSPS) is 21.9. The highest BCUT2D eigenvalue weighted by Crippen LogP contribution is 2.60. The maximum atomic E-state index is 16.0. The fourth-order valence-corrected chi connectivity index (χ4v) is 9.99. The van der Waals surface area contributed by atoms with Crippen LogP contribution in [0.2, 0.25) is 18.6 Å². The van der Waals surface area contributed by atoms with Gasteiger partial charge in [0.2, 0.25) is 21.2 Å². The predicted octanol–water partition coefficient (Wildman–Crippen LogP) is 6.98. The smallest absolute Gasteiger partial charge is 0.264 e. The highest BCUT2D eigenvalue weighted by molar-refractivity contribution is 6.72. The van der Waals surface area contributed by atoms with Crippen LogP contribution < -0.4 is 14.7 Å². The average molecular weight is 652 g/mol. The Hall–Kier alpha value is -4.64. The Morgan fingerprint density at radius 3 is 1.98 bits per heavy atom. The lowest BCUT2D eigenvalue weighted by atomic mass is 9.82. The molecule has 1 fully saturated rings. The Kier molecular flexibility index (Phi) is 8.84. The maximum Gasteiger partial charge on any atom is 0.264 e. The minimum absolute atomic E-state index is 0.167. The van der Waals surface area contributed by atoms with E-state index in [2.05, 4.69) is 0 Å². The first-order valence-electron chi connectivity index (χ1n) is 15.8. The largest absolute Gasteiger partial charge is 0.396 e. The monoisotopic (exact) mass is 651 g/mol. The number of rotatable bonds is 11. The summed E-state index contributed by atoms with van der Waals surface area (Å²) in [6.45, 7) is 5.07. The summed E-state index contributed by atoms with van der Waals surface area (Å²) in [6, 6.07) is 31.3. The molecule has 2 heterocycles. The molecule has 0 unspecified atom stereocenters. The molecule has 0 radical (unpaired) electrons. The van der Waals surface area contributed by atoms with E-state index in [0.29, 0.717) is 34.0 Å². The van der Waals surface area contributed by atoms with Crippen molar-refractivity contribution in [2.75, 3.05) is 21.3 Å². The molecule has 47 heavy (non-hydrogen) atoms. The number of halogens is 1. The van der Waals surface area contributed by atoms with Crippen LogP contribution >= 0.6 is 0 Å². The second-order valence-corrected chi connectivity index (χ2v) is 16.5. The van der Waals surface area contributed by atoms with Crippen molar-refractivity contribution in [2.45, 2.75) is 50.2 Å². The van der Waals surface area contributed by atoms with E-state index in [1.165, 1.54) is 9.80 Å². The molecule has 10 heteroatoms. The van der Waals surface area contributed by atoms with Gasteiger partial charge in [-0.25, -0.2) is 0 Å². The van der Waals surface area contributed by atoms with Crippen LogP contribution in [0, 0.1) is 5.92 Å². The number of para-hydroxylation sites is 2. The minimum atomic E-state index is -3.39. The standard InChI is InChI=1S/C37H38FN3O5Si/c1-26-35(47(2,3)38)34(19-20-42)46-37(26)32-22-31(41(25-44)29-14-8-5-9-15-29)17-18-33(32)39(36(37)45)23-27-11-10-16-30(21-27)40(24-43)28-12-6-4-7-13-28/h4-18,21-22,24-26,34-35,42H,19-20,23H2,1-3H3/t26-,34+,35-,37+/m0/s1. The van der Waals surface area contributed by atoms with Gasteiger partial charge >= 0.3 is 0 Å². The lowest BCUT2D eigenvalue weighted by molar-refractivity contribution is -0.146. The molecule has 1 saturated heterocycles. The number of fused-ring (bicyclic) bond motifs is 2. The van der Waals surface area contributed by atoms with Gasteiger partial charge in [-0.05, 0) is 79.7 Å². The van der Waals surface area contributed by atoms with Gasteiger partial charge in [0, 0.05) is 46.4 Å². The molecule has 1 N–H and O–H groups in total. The summed E-state index contributed by atoms with van der Waals surface area (Å²) in [6.07, 6.45) is 1.02. The highest BCUT2D eigenvalue weighted by Gasteiger charge is 2.66. The number of anilines is 5. The summed E-state index contributed by atoms with van der Waals surface area (Å²) in [7, 11) is -3.39. The van der Waals surface area contributed by atoms with E-state index in [9.17, 15) is 19.5 Å². The van der Waals surface area contributed by atoms with Crippen LogP contribution in [0.1, 0.15) is 24.5 Å². The van der Waals surface area contributed by atoms with Gasteiger partial charge in [0.1, 0.15) is 0 Å². The van der Waals surface area contributed by atoms with Gasteiger partial charge in [0.15, 0.2) is 5.60 Å². The van der Waals surface area contributed by atoms with Crippen molar-refractivity contribution in [3.05, 3.63) is 114 Å². The number of hydrogen-bond acceptors (Lipinski definition) is 5. The van der Waals surface area contributed by atoms with E-state index in [1.807, 2.05) is 97.9 Å². The summed E-state index contributed by atoms with van der Waals surface area (Å²) < 4.78 is 22.7. The number of aliphatic hydroxyl groups is 1. The van der Waals surface area contributed by atoms with E-state index in [-0.39, 0.29) is 25.5 Å². The van der Waals surface area contributed by atoms with Crippen molar-refractivity contribution in [3.63, 3.8) is 0 Å². The second-order valence-electron chi connectivity index (χ2n) is 12.7. The molecule has 2 aliphatic rings. The summed E-state index contributed by atoms with van der Waals surface area (Å²) in [4.78, 5) is 44.1. The summed E-state index contributed by atoms with van der Waals surface area (Å²) >= 11 is 0. The Bertz CT molecular complexity index is 1770. The molecule has 4 aromatic carbocycles. The molecule has 1 spiro atoms. The number of benzene rings is 4. The average Bonchev–Trinajstić information content (AvgIpc) is 3.49. The molecule has 0 aromatic heterocycles. The van der Waals surface area contributed by atoms with Gasteiger partial charge in [-0.3, -0.25) is 24.2 Å². The van der Waals surface area contributed by atoms with Crippen LogP contribution in [0.3, 0.4) is 0 Å². The van der Waals surface area contributed by atoms with Crippen molar-refractivity contribution >= 4 is 55.6 Å². The van der Waals surface area contributed by atoms with Crippen LogP contribution in [0.4, 0.5) is 32.5 Å². The Labute approximate surface area is 275 Å². The van der Waals surface area contributed by atoms with Crippen molar-refractivity contribution in [2.24, 2.45) is 5.92 Å². The van der Waals surface area contributed by atoms with Crippen LogP contribution in [0.25, 0.3) is 0 Å². The van der Waals surface area contributed by atoms with E-state index in [0.717, 1.165) is 18.4 Å². The fraction of sp³-hybridized carbons (Fsp3) is 0.270. The second kappa shape index (κ2) is 12.9. The van der Waals surface area contributed by atoms with Crippen LogP contribution in [-0.2, 0) is 31.3 Å². The molecule has 0 saturated carbocycles. The number of carbonyl (C=O) groups is 3. The van der Waals surface area contributed by atoms with Crippen LogP contribution in [0.5, 0.6) is 0 Å². The zero-order valence-electron chi connectivity index (χ0n) is 26.6. The number of nitrogens with zero attached hydrogens (tertiary/aromatic N) is 3. The quantitative estimate of drug-likeness (QED) is 0.107. The fourth-order valence-electron chi connectivity index (χ4n) is 7.45. The first-order valence-corrected chi connectivity index (χ1v) is 18.7. The molecule has 6 rings (SSSR count). The molecule has 0 bridgehead atoms. The van der Waals surface area contributed by atoms with Crippen molar-refractivity contribution in [3.8, 4) is 0 Å². The molecule has 242 valence electrons. The van der Waals surface area contributed by atoms with Gasteiger partial charge in [-0.1, -0.05) is 55.5 Å². The van der Waals surface area contributed by atoms with Gasteiger partial charge in [0.25, 0.3) is 5.91 Å². The number of ether oxygens (including phenoxy) is 1. The van der Waals surface area contributed by atoms with E-state index < -0.39 is 31.6 Å². The van der Waals surface area contributed by atoms with Gasteiger partial charge < -0.3 is 18.9 Å². The lowest BCUT2D eigenvalue weighted by Crippen LogP contribution is -2.45.